The first-order valence-corrected chi connectivity index (χ1v) is 8.64. The summed E-state index contributed by atoms with van der Waals surface area (Å²) in [5.74, 6) is 0.333. The lowest BCUT2D eigenvalue weighted by molar-refractivity contribution is 0.0184. The maximum atomic E-state index is 12.7. The molecular formula is C14H20ClNO4S. The van der Waals surface area contributed by atoms with Gasteiger partial charge in [0.15, 0.2) is 0 Å². The molecule has 2 unspecified atom stereocenters. The lowest BCUT2D eigenvalue weighted by Crippen LogP contribution is -2.46. The average Bonchev–Trinajstić information content (AvgIpc) is 2.47. The van der Waals surface area contributed by atoms with Gasteiger partial charge in [0.05, 0.1) is 17.6 Å². The quantitative estimate of drug-likeness (QED) is 0.913. The van der Waals surface area contributed by atoms with E-state index >= 15 is 0 Å². The molecule has 1 aliphatic heterocycles. The van der Waals surface area contributed by atoms with E-state index in [1.54, 1.807) is 7.11 Å². The third-order valence-corrected chi connectivity index (χ3v) is 6.21. The fraction of sp³-hybridized carbons (Fsp3) is 0.571. The minimum atomic E-state index is -3.59. The molecule has 21 heavy (non-hydrogen) atoms. The average molecular weight is 334 g/mol. The fourth-order valence-electron chi connectivity index (χ4n) is 2.51. The van der Waals surface area contributed by atoms with Crippen molar-refractivity contribution in [3.05, 3.63) is 28.8 Å². The van der Waals surface area contributed by atoms with Gasteiger partial charge in [-0.25, -0.2) is 8.42 Å². The van der Waals surface area contributed by atoms with Crippen molar-refractivity contribution in [1.82, 2.24) is 4.31 Å². The van der Waals surface area contributed by atoms with Crippen molar-refractivity contribution >= 4 is 21.6 Å². The van der Waals surface area contributed by atoms with Crippen molar-refractivity contribution in [2.24, 2.45) is 5.92 Å². The van der Waals surface area contributed by atoms with E-state index in [-0.39, 0.29) is 17.6 Å². The van der Waals surface area contributed by atoms with E-state index in [2.05, 4.69) is 6.92 Å². The molecule has 1 heterocycles. The van der Waals surface area contributed by atoms with Crippen LogP contribution in [0.4, 0.5) is 0 Å². The molecule has 1 fully saturated rings. The zero-order chi connectivity index (χ0) is 15.6. The van der Waals surface area contributed by atoms with Crippen LogP contribution in [0.1, 0.15) is 18.9 Å². The number of halogens is 1. The Labute approximate surface area is 130 Å². The van der Waals surface area contributed by atoms with Gasteiger partial charge in [-0.1, -0.05) is 18.5 Å². The Bertz CT molecular complexity index is 605. The van der Waals surface area contributed by atoms with Gasteiger partial charge < -0.3 is 9.84 Å². The summed E-state index contributed by atoms with van der Waals surface area (Å²) in [5.41, 5.74) is 0.409. The summed E-state index contributed by atoms with van der Waals surface area (Å²) in [6, 6.07) is 4.40. The molecule has 1 aromatic rings. The lowest BCUT2D eigenvalue weighted by atomic mass is 9.97. The summed E-state index contributed by atoms with van der Waals surface area (Å²) in [5, 5.41) is 9.58. The number of benzene rings is 1. The highest BCUT2D eigenvalue weighted by molar-refractivity contribution is 7.89. The highest BCUT2D eigenvalue weighted by Gasteiger charge is 2.33. The Hall–Kier alpha value is -0.660. The highest BCUT2D eigenvalue weighted by Crippen LogP contribution is 2.27. The first-order valence-electron chi connectivity index (χ1n) is 6.82. The van der Waals surface area contributed by atoms with Crippen LogP contribution in [0.25, 0.3) is 0 Å². The van der Waals surface area contributed by atoms with Gasteiger partial charge in [-0.2, -0.15) is 4.31 Å². The predicted octanol–water partition coefficient (Wildman–Crippen LogP) is 1.88. The maximum Gasteiger partial charge on any atom is 0.243 e. The first-order chi connectivity index (χ1) is 9.90. The molecule has 0 saturated carbocycles. The molecule has 0 aliphatic carbocycles. The molecule has 0 radical (unpaired) electrons. The third kappa shape index (κ3) is 3.40. The van der Waals surface area contributed by atoms with Gasteiger partial charge in [-0.05, 0) is 36.1 Å². The van der Waals surface area contributed by atoms with Crippen molar-refractivity contribution in [2.45, 2.75) is 31.0 Å². The largest absolute Gasteiger partial charge is 0.392 e. The van der Waals surface area contributed by atoms with Crippen molar-refractivity contribution in [3.63, 3.8) is 0 Å². The van der Waals surface area contributed by atoms with E-state index in [0.29, 0.717) is 29.6 Å². The summed E-state index contributed by atoms with van der Waals surface area (Å²) >= 11 is 5.91. The Morgan fingerprint density at radius 1 is 1.48 bits per heavy atom. The van der Waals surface area contributed by atoms with Crippen LogP contribution in [-0.2, 0) is 21.4 Å². The number of ether oxygens (including phenoxy) is 1. The Balaban J connectivity index is 2.30. The van der Waals surface area contributed by atoms with Crippen molar-refractivity contribution < 1.29 is 18.3 Å². The molecule has 1 aliphatic rings. The topological polar surface area (TPSA) is 66.8 Å². The zero-order valence-electron chi connectivity index (χ0n) is 12.1. The second-order valence-corrected chi connectivity index (χ2v) is 7.66. The van der Waals surface area contributed by atoms with E-state index in [1.165, 1.54) is 22.5 Å². The Kier molecular flexibility index (Phi) is 5.27. The minimum Gasteiger partial charge on any atom is -0.392 e. The Morgan fingerprint density at radius 2 is 2.19 bits per heavy atom. The fourth-order valence-corrected chi connectivity index (χ4v) is 4.21. The predicted molar refractivity (Wildman–Crippen MR) is 80.7 cm³/mol. The van der Waals surface area contributed by atoms with E-state index in [9.17, 15) is 13.5 Å². The molecule has 0 bridgehead atoms. The summed E-state index contributed by atoms with van der Waals surface area (Å²) in [7, 11) is -1.99. The van der Waals surface area contributed by atoms with Gasteiger partial charge in [-0.15, -0.1) is 0 Å². The second-order valence-electron chi connectivity index (χ2n) is 5.31. The summed E-state index contributed by atoms with van der Waals surface area (Å²) < 4.78 is 32.2. The number of hydrogen-bond donors (Lipinski definition) is 1. The summed E-state index contributed by atoms with van der Waals surface area (Å²) in [4.78, 5) is 0.153. The molecule has 118 valence electrons. The molecular weight excluding hydrogens is 314 g/mol. The number of piperidine rings is 1. The van der Waals surface area contributed by atoms with Crippen molar-refractivity contribution in [2.75, 3.05) is 20.2 Å². The normalized spacial score (nSPS) is 24.2. The SMILES string of the molecule is COC1CN(S(=O)(=O)c2ccc(Cl)c(CO)c2)CCC1C. The standard InChI is InChI=1S/C14H20ClNO4S/c1-10-5-6-16(8-14(10)20-2)21(18,19)12-3-4-13(15)11(7-12)9-17/h3-4,7,10,14,17H,5-6,8-9H2,1-2H3. The van der Waals surface area contributed by atoms with Crippen LogP contribution < -0.4 is 0 Å². The number of sulfonamides is 1. The molecule has 1 N–H and O–H groups in total. The highest BCUT2D eigenvalue weighted by atomic mass is 35.5. The monoisotopic (exact) mass is 333 g/mol. The van der Waals surface area contributed by atoms with Gasteiger partial charge in [0.2, 0.25) is 10.0 Å². The van der Waals surface area contributed by atoms with E-state index in [0.717, 1.165) is 6.42 Å². The molecule has 2 rings (SSSR count). The number of aliphatic hydroxyl groups excluding tert-OH is 1. The molecule has 0 amide bonds. The Morgan fingerprint density at radius 3 is 2.81 bits per heavy atom. The van der Waals surface area contributed by atoms with Crippen molar-refractivity contribution in [3.8, 4) is 0 Å². The van der Waals surface area contributed by atoms with Gasteiger partial charge >= 0.3 is 0 Å². The van der Waals surface area contributed by atoms with Gasteiger partial charge in [0.25, 0.3) is 0 Å². The van der Waals surface area contributed by atoms with Gasteiger partial charge in [0.1, 0.15) is 0 Å². The summed E-state index contributed by atoms with van der Waals surface area (Å²) in [6.07, 6.45) is 0.663. The van der Waals surface area contributed by atoms with Crippen LogP contribution in [-0.4, -0.2) is 44.1 Å². The molecule has 7 heteroatoms. The van der Waals surface area contributed by atoms with E-state index < -0.39 is 10.0 Å². The first kappa shape index (κ1) is 16.7. The smallest absolute Gasteiger partial charge is 0.243 e. The molecule has 0 spiro atoms. The number of hydrogen-bond acceptors (Lipinski definition) is 4. The van der Waals surface area contributed by atoms with Crippen LogP contribution in [0.5, 0.6) is 0 Å². The molecule has 5 nitrogen and oxygen atoms in total. The lowest BCUT2D eigenvalue weighted by Gasteiger charge is -2.35. The van der Waals surface area contributed by atoms with E-state index in [1.807, 2.05) is 0 Å². The van der Waals surface area contributed by atoms with Gasteiger partial charge in [0, 0.05) is 25.2 Å². The van der Waals surface area contributed by atoms with Crippen LogP contribution in [0.2, 0.25) is 5.02 Å². The third-order valence-electron chi connectivity index (χ3n) is 3.98. The number of nitrogens with zero attached hydrogens (tertiary/aromatic N) is 1. The van der Waals surface area contributed by atoms with Gasteiger partial charge in [-0.3, -0.25) is 0 Å². The number of rotatable bonds is 4. The molecule has 1 saturated heterocycles. The molecule has 0 aromatic heterocycles. The summed E-state index contributed by atoms with van der Waals surface area (Å²) in [6.45, 7) is 2.59. The second kappa shape index (κ2) is 6.62. The number of aliphatic hydroxyl groups is 1. The maximum absolute atomic E-state index is 12.7. The minimum absolute atomic E-state index is 0.0989. The molecule has 2 atom stereocenters. The van der Waals surface area contributed by atoms with Crippen LogP contribution in [0, 0.1) is 5.92 Å². The molecule has 1 aromatic carbocycles. The van der Waals surface area contributed by atoms with Crippen LogP contribution >= 0.6 is 11.6 Å². The zero-order valence-corrected chi connectivity index (χ0v) is 13.7. The van der Waals surface area contributed by atoms with Crippen molar-refractivity contribution in [1.29, 1.82) is 0 Å². The van der Waals surface area contributed by atoms with Crippen LogP contribution in [0.3, 0.4) is 0 Å². The van der Waals surface area contributed by atoms with E-state index in [4.69, 9.17) is 16.3 Å². The van der Waals surface area contributed by atoms with Crippen LogP contribution in [0.15, 0.2) is 23.1 Å². The number of methoxy groups -OCH3 is 1.